The van der Waals surface area contributed by atoms with Crippen molar-refractivity contribution in [3.8, 4) is 0 Å². The van der Waals surface area contributed by atoms with Gasteiger partial charge in [-0.15, -0.1) is 0 Å². The first-order chi connectivity index (χ1) is 11.6. The monoisotopic (exact) mass is 336 g/mol. The van der Waals surface area contributed by atoms with Gasteiger partial charge in [0.05, 0.1) is 19.1 Å². The summed E-state index contributed by atoms with van der Waals surface area (Å²) < 4.78 is 0.0715. The maximum Gasteiger partial charge on any atom is 0.303 e. The van der Waals surface area contributed by atoms with E-state index in [-0.39, 0.29) is 11.1 Å². The third-order valence-corrected chi connectivity index (χ3v) is 7.16. The first-order valence-electron chi connectivity index (χ1n) is 10.1. The van der Waals surface area contributed by atoms with Crippen LogP contribution in [0.4, 0.5) is 0 Å². The largest absolute Gasteiger partial charge is 0.633 e. The van der Waals surface area contributed by atoms with Crippen LogP contribution in [0, 0.1) is 23.0 Å². The van der Waals surface area contributed by atoms with E-state index in [2.05, 4.69) is 4.90 Å². The van der Waals surface area contributed by atoms with Gasteiger partial charge in [-0.2, -0.15) is 0 Å². The zero-order chi connectivity index (χ0) is 16.7. The molecule has 5 nitrogen and oxygen atoms in total. The number of carboxylic acids is 1. The van der Waals surface area contributed by atoms with E-state index in [0.29, 0.717) is 23.9 Å². The molecule has 1 N–H and O–H groups in total. The first-order valence-corrected chi connectivity index (χ1v) is 10.1. The second kappa shape index (κ2) is 6.58. The van der Waals surface area contributed by atoms with Crippen molar-refractivity contribution in [2.75, 3.05) is 26.2 Å². The molecular formula is C19H32N2O3. The summed E-state index contributed by atoms with van der Waals surface area (Å²) in [6.45, 7) is 3.93. The van der Waals surface area contributed by atoms with Crippen LogP contribution in [-0.4, -0.2) is 58.9 Å². The number of quaternary nitrogens is 1. The third kappa shape index (κ3) is 3.23. The number of likely N-dealkylation sites (tertiary alicyclic amines) is 1. The summed E-state index contributed by atoms with van der Waals surface area (Å²) in [6, 6.07) is 0.758. The van der Waals surface area contributed by atoms with Crippen LogP contribution in [0.2, 0.25) is 0 Å². The Morgan fingerprint density at radius 2 is 1.92 bits per heavy atom. The fourth-order valence-corrected chi connectivity index (χ4v) is 6.08. The summed E-state index contributed by atoms with van der Waals surface area (Å²) in [5.41, 5.74) is 0. The number of piperidine rings is 3. The summed E-state index contributed by atoms with van der Waals surface area (Å²) >= 11 is 0. The summed E-state index contributed by atoms with van der Waals surface area (Å²) in [5.74, 6) is 1.26. The van der Waals surface area contributed by atoms with Crippen LogP contribution in [0.25, 0.3) is 0 Å². The fourth-order valence-electron chi connectivity index (χ4n) is 6.08. The van der Waals surface area contributed by atoms with Gasteiger partial charge in [-0.05, 0) is 57.3 Å². The Labute approximate surface area is 145 Å². The van der Waals surface area contributed by atoms with Gasteiger partial charge in [0.1, 0.15) is 0 Å². The number of hydroxylamine groups is 3. The molecule has 0 aromatic rings. The quantitative estimate of drug-likeness (QED) is 0.598. The van der Waals surface area contributed by atoms with Crippen molar-refractivity contribution in [3.05, 3.63) is 5.21 Å². The van der Waals surface area contributed by atoms with Crippen molar-refractivity contribution in [2.24, 2.45) is 17.8 Å². The number of rotatable bonds is 6. The number of hydrogen-bond donors (Lipinski definition) is 1. The van der Waals surface area contributed by atoms with Crippen molar-refractivity contribution in [2.45, 2.75) is 69.9 Å². The lowest BCUT2D eigenvalue weighted by Gasteiger charge is -2.64. The molecule has 1 unspecified atom stereocenters. The lowest BCUT2D eigenvalue weighted by atomic mass is 9.68. The highest BCUT2D eigenvalue weighted by molar-refractivity contribution is 5.66. The Hall–Kier alpha value is -0.650. The molecule has 0 amide bonds. The van der Waals surface area contributed by atoms with Crippen molar-refractivity contribution in [3.63, 3.8) is 0 Å². The van der Waals surface area contributed by atoms with Gasteiger partial charge in [-0.1, -0.05) is 0 Å². The van der Waals surface area contributed by atoms with Gasteiger partial charge in [-0.3, -0.25) is 9.69 Å². The van der Waals surface area contributed by atoms with E-state index in [1.165, 1.54) is 32.2 Å². The molecule has 4 aliphatic rings. The highest BCUT2D eigenvalue weighted by Gasteiger charge is 2.54. The molecule has 0 radical (unpaired) electrons. The van der Waals surface area contributed by atoms with E-state index < -0.39 is 5.97 Å². The Balaban J connectivity index is 1.53. The van der Waals surface area contributed by atoms with E-state index in [1.54, 1.807) is 0 Å². The zero-order valence-electron chi connectivity index (χ0n) is 14.7. The average Bonchev–Trinajstić information content (AvgIpc) is 3.33. The number of hydrogen-bond acceptors (Lipinski definition) is 3. The molecule has 0 aromatic carbocycles. The van der Waals surface area contributed by atoms with Gasteiger partial charge in [0.15, 0.2) is 0 Å². The Morgan fingerprint density at radius 3 is 2.62 bits per heavy atom. The van der Waals surface area contributed by atoms with Gasteiger partial charge in [0, 0.05) is 37.4 Å². The topological polar surface area (TPSA) is 63.6 Å². The van der Waals surface area contributed by atoms with E-state index in [1.807, 2.05) is 0 Å². The Morgan fingerprint density at radius 1 is 1.17 bits per heavy atom. The highest BCUT2D eigenvalue weighted by atomic mass is 16.5. The SMILES string of the molecule is O=C(O)CCC[C@@H]1[C@H]2CCC[N+]3([O-])CCC[C@@H](CN1CC1CC1)[C@@H]23. The predicted octanol–water partition coefficient (Wildman–Crippen LogP) is 2.84. The normalized spacial score (nSPS) is 42.5. The smallest absolute Gasteiger partial charge is 0.303 e. The fraction of sp³-hybridized carbons (Fsp3) is 0.947. The number of aliphatic carboxylic acids is 1. The van der Waals surface area contributed by atoms with Gasteiger partial charge >= 0.3 is 5.97 Å². The van der Waals surface area contributed by atoms with Gasteiger partial charge in [0.25, 0.3) is 0 Å². The molecule has 0 spiro atoms. The average molecular weight is 336 g/mol. The zero-order valence-corrected chi connectivity index (χ0v) is 14.7. The van der Waals surface area contributed by atoms with Crippen molar-refractivity contribution < 1.29 is 14.5 Å². The Bertz CT molecular complexity index is 477. The molecule has 136 valence electrons. The molecule has 1 saturated carbocycles. The third-order valence-electron chi connectivity index (χ3n) is 7.16. The van der Waals surface area contributed by atoms with E-state index in [4.69, 9.17) is 5.11 Å². The second-order valence-electron chi connectivity index (χ2n) is 8.85. The summed E-state index contributed by atoms with van der Waals surface area (Å²) in [5, 5.41) is 22.4. The van der Waals surface area contributed by atoms with E-state index in [0.717, 1.165) is 51.2 Å². The molecule has 1 aliphatic carbocycles. The molecular weight excluding hydrogens is 304 g/mol. The van der Waals surface area contributed by atoms with E-state index >= 15 is 0 Å². The molecule has 5 atom stereocenters. The lowest BCUT2D eigenvalue weighted by Crippen LogP contribution is -2.70. The van der Waals surface area contributed by atoms with Gasteiger partial charge in [-0.25, -0.2) is 0 Å². The van der Waals surface area contributed by atoms with Crippen LogP contribution in [-0.2, 0) is 4.79 Å². The molecule has 3 heterocycles. The van der Waals surface area contributed by atoms with Crippen LogP contribution in [0.5, 0.6) is 0 Å². The molecule has 3 saturated heterocycles. The molecule has 5 heteroatoms. The van der Waals surface area contributed by atoms with Gasteiger partial charge < -0.3 is 15.0 Å². The molecule has 3 aliphatic heterocycles. The molecule has 24 heavy (non-hydrogen) atoms. The molecule has 4 fully saturated rings. The molecule has 0 bridgehead atoms. The highest BCUT2D eigenvalue weighted by Crippen LogP contribution is 2.47. The standard InChI is InChI=1S/C19H32N2O3/c22-18(23)7-1-6-17-16-5-3-11-21(24)10-2-4-15(19(16)21)13-20(17)12-14-8-9-14/h14-17,19H,1-13H2,(H,22,23)/t15-,16+,17+,19-,21?/m0/s1. The minimum Gasteiger partial charge on any atom is -0.633 e. The molecule has 0 aromatic heterocycles. The van der Waals surface area contributed by atoms with E-state index in [9.17, 15) is 10.0 Å². The van der Waals surface area contributed by atoms with Crippen molar-refractivity contribution in [1.82, 2.24) is 4.90 Å². The summed E-state index contributed by atoms with van der Waals surface area (Å²) in [7, 11) is 0. The minimum atomic E-state index is -0.687. The van der Waals surface area contributed by atoms with Crippen molar-refractivity contribution >= 4 is 5.97 Å². The number of nitrogens with zero attached hydrogens (tertiary/aromatic N) is 2. The first kappa shape index (κ1) is 16.8. The lowest BCUT2D eigenvalue weighted by molar-refractivity contribution is -0.926. The number of carboxylic acid groups (broad SMARTS) is 1. The predicted molar refractivity (Wildman–Crippen MR) is 92.2 cm³/mol. The second-order valence-corrected chi connectivity index (χ2v) is 8.85. The molecule has 4 rings (SSSR count). The van der Waals surface area contributed by atoms with Crippen LogP contribution >= 0.6 is 0 Å². The minimum absolute atomic E-state index is 0.0715. The van der Waals surface area contributed by atoms with Gasteiger partial charge in [0.2, 0.25) is 0 Å². The number of carbonyl (C=O) groups is 1. The maximum absolute atomic E-state index is 13.4. The summed E-state index contributed by atoms with van der Waals surface area (Å²) in [4.78, 5) is 13.6. The summed E-state index contributed by atoms with van der Waals surface area (Å²) in [6.07, 6.45) is 9.28. The van der Waals surface area contributed by atoms with Crippen LogP contribution in [0.1, 0.15) is 57.8 Å². The maximum atomic E-state index is 13.4. The van der Waals surface area contributed by atoms with Crippen LogP contribution < -0.4 is 0 Å². The van der Waals surface area contributed by atoms with Crippen molar-refractivity contribution in [1.29, 1.82) is 0 Å². The Kier molecular flexibility index (Phi) is 4.61. The van der Waals surface area contributed by atoms with Crippen LogP contribution in [0.15, 0.2) is 0 Å². The van der Waals surface area contributed by atoms with Crippen LogP contribution in [0.3, 0.4) is 0 Å².